The largest absolute Gasteiger partial charge is 0.298 e. The minimum atomic E-state index is -0.0591. The Bertz CT molecular complexity index is 488. The molecule has 0 saturated heterocycles. The molecule has 0 aliphatic rings. The summed E-state index contributed by atoms with van der Waals surface area (Å²) >= 11 is 3.05. The molecule has 0 unspecified atom stereocenters. The Kier molecular flexibility index (Phi) is 3.36. The first-order valence-electron chi connectivity index (χ1n) is 5.00. The number of hydrogen-bond donors (Lipinski definition) is 1. The van der Waals surface area contributed by atoms with Crippen molar-refractivity contribution < 1.29 is 4.79 Å². The van der Waals surface area contributed by atoms with Gasteiger partial charge in [-0.05, 0) is 18.9 Å². The Labute approximate surface area is 102 Å². The summed E-state index contributed by atoms with van der Waals surface area (Å²) < 4.78 is 0. The van der Waals surface area contributed by atoms with Gasteiger partial charge < -0.3 is 0 Å². The molecule has 3 nitrogen and oxygen atoms in total. The maximum absolute atomic E-state index is 12.0. The number of thiazole rings is 1. The fourth-order valence-electron chi connectivity index (χ4n) is 1.56. The lowest BCUT2D eigenvalue weighted by Crippen LogP contribution is -2.12. The second kappa shape index (κ2) is 4.76. The van der Waals surface area contributed by atoms with E-state index in [-0.39, 0.29) is 5.91 Å². The van der Waals surface area contributed by atoms with Gasteiger partial charge in [0.05, 0.1) is 5.56 Å². The molecule has 16 heavy (non-hydrogen) atoms. The Balaban J connectivity index is 2.21. The van der Waals surface area contributed by atoms with Crippen molar-refractivity contribution in [1.82, 2.24) is 4.98 Å². The highest BCUT2D eigenvalue weighted by Crippen LogP contribution is 2.23. The summed E-state index contributed by atoms with van der Waals surface area (Å²) in [6.45, 7) is 4.11. The van der Waals surface area contributed by atoms with Crippen LogP contribution in [0.4, 0.5) is 5.13 Å². The van der Waals surface area contributed by atoms with E-state index in [1.807, 2.05) is 17.7 Å². The van der Waals surface area contributed by atoms with Crippen LogP contribution < -0.4 is 5.32 Å². The van der Waals surface area contributed by atoms with Crippen LogP contribution in [0, 0.1) is 6.92 Å². The lowest BCUT2D eigenvalue weighted by atomic mass is 10.1. The van der Waals surface area contributed by atoms with Crippen LogP contribution in [0.5, 0.6) is 0 Å². The second-order valence-electron chi connectivity index (χ2n) is 3.33. The Morgan fingerprint density at radius 1 is 1.50 bits per heavy atom. The molecular formula is C11H12N2OS2. The molecule has 0 atom stereocenters. The number of hydrogen-bond acceptors (Lipinski definition) is 4. The van der Waals surface area contributed by atoms with Gasteiger partial charge in [-0.25, -0.2) is 4.98 Å². The van der Waals surface area contributed by atoms with Crippen LogP contribution in [0.2, 0.25) is 0 Å². The van der Waals surface area contributed by atoms with Crippen molar-refractivity contribution in [2.45, 2.75) is 20.3 Å². The highest BCUT2D eigenvalue weighted by molar-refractivity contribution is 7.13. The number of nitrogens with zero attached hydrogens (tertiary/aromatic N) is 1. The highest BCUT2D eigenvalue weighted by atomic mass is 32.1. The zero-order valence-electron chi connectivity index (χ0n) is 9.11. The molecule has 0 aliphatic heterocycles. The first-order valence-corrected chi connectivity index (χ1v) is 6.76. The van der Waals surface area contributed by atoms with E-state index >= 15 is 0 Å². The fraction of sp³-hybridized carbons (Fsp3) is 0.273. The van der Waals surface area contributed by atoms with Crippen molar-refractivity contribution in [1.29, 1.82) is 0 Å². The zero-order valence-corrected chi connectivity index (χ0v) is 10.7. The predicted molar refractivity (Wildman–Crippen MR) is 68.5 cm³/mol. The van der Waals surface area contributed by atoms with E-state index in [4.69, 9.17) is 0 Å². The van der Waals surface area contributed by atoms with Crippen molar-refractivity contribution >= 4 is 33.7 Å². The predicted octanol–water partition coefficient (Wildman–Crippen LogP) is 3.33. The van der Waals surface area contributed by atoms with Gasteiger partial charge >= 0.3 is 0 Å². The number of aryl methyl sites for hydroxylation is 1. The Morgan fingerprint density at radius 3 is 2.94 bits per heavy atom. The van der Waals surface area contributed by atoms with E-state index < -0.39 is 0 Å². The van der Waals surface area contributed by atoms with Crippen LogP contribution in [-0.4, -0.2) is 10.9 Å². The normalized spacial score (nSPS) is 10.4. The molecule has 1 amide bonds. The van der Waals surface area contributed by atoms with Gasteiger partial charge in [0.1, 0.15) is 0 Å². The van der Waals surface area contributed by atoms with Gasteiger partial charge in [0.15, 0.2) is 5.13 Å². The average Bonchev–Trinajstić information content (AvgIpc) is 2.87. The molecule has 0 fully saturated rings. The molecule has 0 radical (unpaired) electrons. The number of anilines is 1. The summed E-state index contributed by atoms with van der Waals surface area (Å²) in [5.41, 5.74) is 1.92. The Hall–Kier alpha value is -1.20. The van der Waals surface area contributed by atoms with Gasteiger partial charge in [0.25, 0.3) is 5.91 Å². The number of aromatic nitrogens is 1. The summed E-state index contributed by atoms with van der Waals surface area (Å²) in [6.07, 6.45) is 2.57. The topological polar surface area (TPSA) is 42.0 Å². The molecule has 5 heteroatoms. The van der Waals surface area contributed by atoms with Crippen molar-refractivity contribution in [2.24, 2.45) is 0 Å². The molecule has 2 aromatic rings. The van der Waals surface area contributed by atoms with Crippen LogP contribution in [-0.2, 0) is 6.42 Å². The lowest BCUT2D eigenvalue weighted by molar-refractivity contribution is 0.102. The molecule has 2 heterocycles. The Morgan fingerprint density at radius 2 is 2.31 bits per heavy atom. The highest BCUT2D eigenvalue weighted by Gasteiger charge is 2.14. The summed E-state index contributed by atoms with van der Waals surface area (Å²) in [7, 11) is 0. The average molecular weight is 252 g/mol. The van der Waals surface area contributed by atoms with E-state index in [0.29, 0.717) is 5.13 Å². The molecule has 1 N–H and O–H groups in total. The molecule has 0 aromatic carbocycles. The van der Waals surface area contributed by atoms with E-state index in [1.165, 1.54) is 16.2 Å². The molecule has 2 aromatic heterocycles. The van der Waals surface area contributed by atoms with Gasteiger partial charge in [-0.15, -0.1) is 22.7 Å². The molecule has 0 aliphatic carbocycles. The van der Waals surface area contributed by atoms with E-state index in [1.54, 1.807) is 17.5 Å². The fourth-order valence-corrected chi connectivity index (χ4v) is 3.02. The third-order valence-corrected chi connectivity index (χ3v) is 4.00. The number of rotatable bonds is 3. The van der Waals surface area contributed by atoms with Gasteiger partial charge in [-0.2, -0.15) is 0 Å². The number of amides is 1. The molecule has 0 bridgehead atoms. The SMILES string of the molecule is CCc1c(C(=O)Nc2nccs2)csc1C. The van der Waals surface area contributed by atoms with E-state index in [9.17, 15) is 4.79 Å². The maximum atomic E-state index is 12.0. The summed E-state index contributed by atoms with van der Waals surface area (Å²) in [5, 5.41) is 7.21. The molecular weight excluding hydrogens is 240 g/mol. The zero-order chi connectivity index (χ0) is 11.5. The third kappa shape index (κ3) is 2.15. The van der Waals surface area contributed by atoms with Crippen molar-refractivity contribution in [3.05, 3.63) is 33.0 Å². The summed E-state index contributed by atoms with van der Waals surface area (Å²) in [4.78, 5) is 17.2. The molecule has 0 spiro atoms. The van der Waals surface area contributed by atoms with Crippen LogP contribution >= 0.6 is 22.7 Å². The van der Waals surface area contributed by atoms with Gasteiger partial charge in [-0.3, -0.25) is 10.1 Å². The van der Waals surface area contributed by atoms with Crippen molar-refractivity contribution in [3.8, 4) is 0 Å². The standard InChI is InChI=1S/C11H12N2OS2/c1-3-8-7(2)16-6-9(8)10(14)13-11-12-4-5-15-11/h4-6H,3H2,1-2H3,(H,12,13,14). The van der Waals surface area contributed by atoms with Crippen LogP contribution in [0.1, 0.15) is 27.7 Å². The van der Waals surface area contributed by atoms with Gasteiger partial charge in [-0.1, -0.05) is 6.92 Å². The van der Waals surface area contributed by atoms with Crippen LogP contribution in [0.25, 0.3) is 0 Å². The van der Waals surface area contributed by atoms with Gasteiger partial charge in [0.2, 0.25) is 0 Å². The quantitative estimate of drug-likeness (QED) is 0.910. The number of carbonyl (C=O) groups excluding carboxylic acids is 1. The van der Waals surface area contributed by atoms with Gasteiger partial charge in [0, 0.05) is 21.8 Å². The number of nitrogens with one attached hydrogen (secondary N) is 1. The maximum Gasteiger partial charge on any atom is 0.258 e. The number of carbonyl (C=O) groups is 1. The molecule has 2 rings (SSSR count). The minimum absolute atomic E-state index is 0.0591. The van der Waals surface area contributed by atoms with Crippen molar-refractivity contribution in [3.63, 3.8) is 0 Å². The summed E-state index contributed by atoms with van der Waals surface area (Å²) in [5.74, 6) is -0.0591. The number of thiophene rings is 1. The van der Waals surface area contributed by atoms with Crippen LogP contribution in [0.15, 0.2) is 17.0 Å². The van der Waals surface area contributed by atoms with E-state index in [0.717, 1.165) is 17.5 Å². The first kappa shape index (κ1) is 11.3. The lowest BCUT2D eigenvalue weighted by Gasteiger charge is -2.02. The minimum Gasteiger partial charge on any atom is -0.298 e. The van der Waals surface area contributed by atoms with E-state index in [2.05, 4.69) is 17.2 Å². The molecule has 84 valence electrons. The third-order valence-electron chi connectivity index (χ3n) is 2.35. The second-order valence-corrected chi connectivity index (χ2v) is 5.31. The molecule has 0 saturated carbocycles. The van der Waals surface area contributed by atoms with Crippen LogP contribution in [0.3, 0.4) is 0 Å². The monoisotopic (exact) mass is 252 g/mol. The first-order chi connectivity index (χ1) is 7.72. The smallest absolute Gasteiger partial charge is 0.258 e. The van der Waals surface area contributed by atoms with Crippen molar-refractivity contribution in [2.75, 3.05) is 5.32 Å². The summed E-state index contributed by atoms with van der Waals surface area (Å²) in [6, 6.07) is 0.